The number of carbonyl (C=O) groups is 2. The first kappa shape index (κ1) is 21.9. The summed E-state index contributed by atoms with van der Waals surface area (Å²) in [5, 5.41) is 5.96. The van der Waals surface area contributed by atoms with Crippen LogP contribution in [-0.4, -0.2) is 86.1 Å². The van der Waals surface area contributed by atoms with Crippen LogP contribution in [0.1, 0.15) is 26.7 Å². The smallest absolute Gasteiger partial charge is 0.251 e. The molecule has 0 bridgehead atoms. The van der Waals surface area contributed by atoms with Gasteiger partial charge in [-0.05, 0) is 26.7 Å². The third kappa shape index (κ3) is 6.61. The quantitative estimate of drug-likeness (QED) is 0.339. The van der Waals surface area contributed by atoms with E-state index in [0.717, 1.165) is 25.3 Å². The number of guanidine groups is 1. The predicted molar refractivity (Wildman–Crippen MR) is 107 cm³/mol. The van der Waals surface area contributed by atoms with E-state index in [0.29, 0.717) is 39.3 Å². The lowest BCUT2D eigenvalue weighted by Gasteiger charge is -2.37. The lowest BCUT2D eigenvalue weighted by molar-refractivity contribution is -0.142. The normalized spacial score (nSPS) is 20.9. The number of nitrogens with zero attached hydrogens (tertiary/aromatic N) is 3. The second-order valence-electron chi connectivity index (χ2n) is 5.94. The molecule has 0 aromatic heterocycles. The fourth-order valence-corrected chi connectivity index (χ4v) is 2.94. The van der Waals surface area contributed by atoms with E-state index in [1.165, 1.54) is 0 Å². The highest BCUT2D eigenvalue weighted by Crippen LogP contribution is 2.16. The van der Waals surface area contributed by atoms with Crippen molar-refractivity contribution in [2.24, 2.45) is 4.99 Å². The van der Waals surface area contributed by atoms with Crippen LogP contribution in [0.4, 0.5) is 0 Å². The summed E-state index contributed by atoms with van der Waals surface area (Å²) >= 11 is 0. The Labute approximate surface area is 166 Å². The van der Waals surface area contributed by atoms with Crippen LogP contribution in [0.3, 0.4) is 0 Å². The van der Waals surface area contributed by atoms with Gasteiger partial charge in [-0.25, -0.2) is 4.99 Å². The number of likely N-dealkylation sites (N-methyl/N-ethyl adjacent to an activating group) is 1. The number of hydrogen-bond acceptors (Lipinski definition) is 4. The summed E-state index contributed by atoms with van der Waals surface area (Å²) in [6.07, 6.45) is 1.54. The molecule has 9 heteroatoms. The van der Waals surface area contributed by atoms with E-state index in [-0.39, 0.29) is 48.4 Å². The standard InChI is InChI=1S/C16H29N5O3.HI/c1-3-17-14(22)12-19-16(18-4-2)21-9-7-20(8-10-21)15(23)13-6-5-11-24-13;/h13H,3-12H2,1-2H3,(H,17,22)(H,18,19);1H. The van der Waals surface area contributed by atoms with E-state index in [1.807, 2.05) is 18.7 Å². The molecule has 2 rings (SSSR count). The van der Waals surface area contributed by atoms with E-state index < -0.39 is 0 Å². The summed E-state index contributed by atoms with van der Waals surface area (Å²) in [7, 11) is 0. The molecule has 144 valence electrons. The number of carbonyl (C=O) groups excluding carboxylic acids is 2. The molecule has 0 aromatic carbocycles. The number of piperazine rings is 1. The van der Waals surface area contributed by atoms with E-state index in [4.69, 9.17) is 4.74 Å². The first-order valence-corrected chi connectivity index (χ1v) is 8.86. The van der Waals surface area contributed by atoms with Crippen molar-refractivity contribution in [3.05, 3.63) is 0 Å². The highest BCUT2D eigenvalue weighted by molar-refractivity contribution is 14.0. The molecule has 0 radical (unpaired) electrons. The Balaban J connectivity index is 0.00000312. The fourth-order valence-electron chi connectivity index (χ4n) is 2.94. The molecule has 0 saturated carbocycles. The molecule has 2 fully saturated rings. The lowest BCUT2D eigenvalue weighted by Crippen LogP contribution is -2.55. The van der Waals surface area contributed by atoms with E-state index >= 15 is 0 Å². The zero-order valence-corrected chi connectivity index (χ0v) is 17.5. The number of halogens is 1. The average Bonchev–Trinajstić information content (AvgIpc) is 3.13. The van der Waals surface area contributed by atoms with Crippen molar-refractivity contribution < 1.29 is 14.3 Å². The predicted octanol–water partition coefficient (Wildman–Crippen LogP) is 0.0292. The maximum atomic E-state index is 12.4. The van der Waals surface area contributed by atoms with Gasteiger partial charge in [0, 0.05) is 45.9 Å². The molecule has 0 spiro atoms. The van der Waals surface area contributed by atoms with Crippen molar-refractivity contribution in [3.63, 3.8) is 0 Å². The van der Waals surface area contributed by atoms with E-state index in [1.54, 1.807) is 0 Å². The van der Waals surface area contributed by atoms with Crippen LogP contribution in [0, 0.1) is 0 Å². The molecular weight excluding hydrogens is 437 g/mol. The molecule has 25 heavy (non-hydrogen) atoms. The molecule has 8 nitrogen and oxygen atoms in total. The van der Waals surface area contributed by atoms with Gasteiger partial charge in [0.25, 0.3) is 5.91 Å². The molecule has 1 unspecified atom stereocenters. The van der Waals surface area contributed by atoms with E-state index in [2.05, 4.69) is 20.5 Å². The van der Waals surface area contributed by atoms with Crippen LogP contribution in [-0.2, 0) is 14.3 Å². The first-order valence-electron chi connectivity index (χ1n) is 8.86. The molecule has 2 heterocycles. The third-order valence-electron chi connectivity index (χ3n) is 4.18. The van der Waals surface area contributed by atoms with Crippen molar-refractivity contribution in [1.29, 1.82) is 0 Å². The number of nitrogens with one attached hydrogen (secondary N) is 2. The van der Waals surface area contributed by atoms with Gasteiger partial charge in [-0.2, -0.15) is 0 Å². The molecular formula is C16H30IN5O3. The second-order valence-corrected chi connectivity index (χ2v) is 5.94. The number of aliphatic imine (C=N–C) groups is 1. The van der Waals surface area contributed by atoms with Gasteiger partial charge in [-0.3, -0.25) is 9.59 Å². The Bertz CT molecular complexity index is 461. The third-order valence-corrected chi connectivity index (χ3v) is 4.18. The summed E-state index contributed by atoms with van der Waals surface area (Å²) in [4.78, 5) is 32.3. The zero-order valence-electron chi connectivity index (χ0n) is 15.1. The Kier molecular flexibility index (Phi) is 10.1. The van der Waals surface area contributed by atoms with Crippen molar-refractivity contribution in [3.8, 4) is 0 Å². The fraction of sp³-hybridized carbons (Fsp3) is 0.812. The number of amides is 2. The highest BCUT2D eigenvalue weighted by atomic mass is 127. The maximum Gasteiger partial charge on any atom is 0.251 e. The second kappa shape index (κ2) is 11.5. The first-order chi connectivity index (χ1) is 11.7. The Morgan fingerprint density at radius 2 is 1.72 bits per heavy atom. The minimum Gasteiger partial charge on any atom is -0.368 e. The maximum absolute atomic E-state index is 12.4. The highest BCUT2D eigenvalue weighted by Gasteiger charge is 2.30. The van der Waals surface area contributed by atoms with Crippen molar-refractivity contribution in [2.45, 2.75) is 32.8 Å². The number of ether oxygens (including phenoxy) is 1. The summed E-state index contributed by atoms with van der Waals surface area (Å²) in [6, 6.07) is 0. The Hall–Kier alpha value is -1.10. The van der Waals surface area contributed by atoms with Gasteiger partial charge < -0.3 is 25.2 Å². The molecule has 0 aliphatic carbocycles. The van der Waals surface area contributed by atoms with Crippen LogP contribution in [0.5, 0.6) is 0 Å². The lowest BCUT2D eigenvalue weighted by atomic mass is 10.2. The summed E-state index contributed by atoms with van der Waals surface area (Å²) < 4.78 is 5.48. The minimum atomic E-state index is -0.254. The Morgan fingerprint density at radius 1 is 1.08 bits per heavy atom. The molecule has 2 saturated heterocycles. The van der Waals surface area contributed by atoms with Gasteiger partial charge >= 0.3 is 0 Å². The van der Waals surface area contributed by atoms with Crippen molar-refractivity contribution in [2.75, 3.05) is 52.4 Å². The zero-order chi connectivity index (χ0) is 17.4. The molecule has 0 aromatic rings. The van der Waals surface area contributed by atoms with Crippen LogP contribution >= 0.6 is 24.0 Å². The van der Waals surface area contributed by atoms with Gasteiger partial charge in [-0.15, -0.1) is 24.0 Å². The monoisotopic (exact) mass is 467 g/mol. The van der Waals surface area contributed by atoms with Crippen molar-refractivity contribution >= 4 is 41.8 Å². The number of hydrogen-bond donors (Lipinski definition) is 2. The Morgan fingerprint density at radius 3 is 2.28 bits per heavy atom. The summed E-state index contributed by atoms with van der Waals surface area (Å²) in [6.45, 7) is 8.76. The molecule has 2 N–H and O–H groups in total. The molecule has 2 amide bonds. The van der Waals surface area contributed by atoms with Crippen LogP contribution in [0.2, 0.25) is 0 Å². The molecule has 2 aliphatic rings. The molecule has 1 atom stereocenters. The summed E-state index contributed by atoms with van der Waals surface area (Å²) in [5.41, 5.74) is 0. The minimum absolute atomic E-state index is 0. The van der Waals surface area contributed by atoms with Gasteiger partial charge in [0.2, 0.25) is 5.91 Å². The van der Waals surface area contributed by atoms with Crippen LogP contribution < -0.4 is 10.6 Å². The van der Waals surface area contributed by atoms with Gasteiger partial charge in [0.05, 0.1) is 0 Å². The van der Waals surface area contributed by atoms with Crippen molar-refractivity contribution in [1.82, 2.24) is 20.4 Å². The number of rotatable bonds is 5. The van der Waals surface area contributed by atoms with E-state index in [9.17, 15) is 9.59 Å². The SMILES string of the molecule is CCNC(=O)CN=C(NCC)N1CCN(C(=O)C2CCCO2)CC1.I. The largest absolute Gasteiger partial charge is 0.368 e. The average molecular weight is 467 g/mol. The van der Waals surface area contributed by atoms with Crippen LogP contribution in [0.25, 0.3) is 0 Å². The topological polar surface area (TPSA) is 86.3 Å². The van der Waals surface area contributed by atoms with Gasteiger partial charge in [-0.1, -0.05) is 0 Å². The van der Waals surface area contributed by atoms with Gasteiger partial charge in [0.1, 0.15) is 12.6 Å². The van der Waals surface area contributed by atoms with Gasteiger partial charge in [0.15, 0.2) is 5.96 Å². The summed E-state index contributed by atoms with van der Waals surface area (Å²) in [5.74, 6) is 0.754. The van der Waals surface area contributed by atoms with Crippen LogP contribution in [0.15, 0.2) is 4.99 Å². The molecule has 2 aliphatic heterocycles.